The molecule has 0 radical (unpaired) electrons. The van der Waals surface area contributed by atoms with E-state index in [1.165, 1.54) is 19.4 Å². The average Bonchev–Trinajstić information content (AvgIpc) is 2.03. The summed E-state index contributed by atoms with van der Waals surface area (Å²) in [5, 5.41) is 0. The van der Waals surface area contributed by atoms with E-state index in [0.29, 0.717) is 0 Å². The zero-order valence-corrected chi connectivity index (χ0v) is 9.34. The van der Waals surface area contributed by atoms with Gasteiger partial charge in [0.05, 0.1) is 5.60 Å². The fraction of sp³-hybridized carbons (Fsp3) is 1.00. The van der Waals surface area contributed by atoms with E-state index in [-0.39, 0.29) is 5.60 Å². The molecule has 0 bridgehead atoms. The Morgan fingerprint density at radius 3 is 2.62 bits per heavy atom. The van der Waals surface area contributed by atoms with Crippen molar-refractivity contribution < 1.29 is 4.74 Å². The Morgan fingerprint density at radius 1 is 1.46 bits per heavy atom. The number of hydrogen-bond acceptors (Lipinski definition) is 3. The van der Waals surface area contributed by atoms with E-state index in [0.717, 1.165) is 13.1 Å². The lowest BCUT2D eigenvalue weighted by molar-refractivity contribution is -0.0717. The molecule has 1 fully saturated rings. The molecule has 0 aliphatic carbocycles. The smallest absolute Gasteiger partial charge is 0.0931 e. The second-order valence-corrected chi connectivity index (χ2v) is 4.47. The Labute approximate surface area is 81.7 Å². The minimum atomic E-state index is 0.0660. The maximum Gasteiger partial charge on any atom is 0.0931 e. The summed E-state index contributed by atoms with van der Waals surface area (Å²) in [5.41, 5.74) is 0.0660. The van der Waals surface area contributed by atoms with Gasteiger partial charge in [-0.15, -0.1) is 0 Å². The van der Waals surface area contributed by atoms with E-state index in [1.807, 2.05) is 7.11 Å². The van der Waals surface area contributed by atoms with E-state index in [4.69, 9.17) is 4.74 Å². The molecule has 1 atom stereocenters. The molecule has 3 heteroatoms. The van der Waals surface area contributed by atoms with Gasteiger partial charge < -0.3 is 14.5 Å². The van der Waals surface area contributed by atoms with Crippen LogP contribution in [-0.2, 0) is 4.74 Å². The van der Waals surface area contributed by atoms with Crippen LogP contribution in [0.25, 0.3) is 0 Å². The third kappa shape index (κ3) is 2.93. The fourth-order valence-electron chi connectivity index (χ4n) is 2.26. The van der Waals surface area contributed by atoms with Crippen molar-refractivity contribution >= 4 is 0 Å². The molecule has 1 rings (SSSR count). The Balaban J connectivity index is 2.56. The highest BCUT2D eigenvalue weighted by atomic mass is 16.5. The van der Waals surface area contributed by atoms with Crippen LogP contribution in [0.4, 0.5) is 0 Å². The molecule has 1 aliphatic heterocycles. The van der Waals surface area contributed by atoms with Crippen molar-refractivity contribution in [1.82, 2.24) is 9.80 Å². The molecule has 1 heterocycles. The monoisotopic (exact) mass is 186 g/mol. The number of rotatable bonds is 3. The quantitative estimate of drug-likeness (QED) is 0.644. The summed E-state index contributed by atoms with van der Waals surface area (Å²) < 4.78 is 5.68. The highest BCUT2D eigenvalue weighted by molar-refractivity contribution is 4.89. The van der Waals surface area contributed by atoms with Gasteiger partial charge in [-0.3, -0.25) is 0 Å². The van der Waals surface area contributed by atoms with Crippen LogP contribution in [0.5, 0.6) is 0 Å². The van der Waals surface area contributed by atoms with E-state index >= 15 is 0 Å². The molecule has 0 amide bonds. The van der Waals surface area contributed by atoms with Crippen molar-refractivity contribution in [2.45, 2.75) is 18.4 Å². The lowest BCUT2D eigenvalue weighted by Gasteiger charge is -2.41. The standard InChI is InChI=1S/C10H22N2O/c1-11(2)8-10(13-4)6-5-7-12(3)9-10/h5-9H2,1-4H3. The minimum Gasteiger partial charge on any atom is -0.376 e. The van der Waals surface area contributed by atoms with Crippen LogP contribution in [0.2, 0.25) is 0 Å². The van der Waals surface area contributed by atoms with Gasteiger partial charge in [0.15, 0.2) is 0 Å². The van der Waals surface area contributed by atoms with Crippen LogP contribution < -0.4 is 0 Å². The number of hydrogen-bond donors (Lipinski definition) is 0. The number of piperidine rings is 1. The second-order valence-electron chi connectivity index (χ2n) is 4.47. The van der Waals surface area contributed by atoms with Crippen molar-refractivity contribution in [2.75, 3.05) is 47.9 Å². The van der Waals surface area contributed by atoms with Crippen LogP contribution >= 0.6 is 0 Å². The summed E-state index contributed by atoms with van der Waals surface area (Å²) >= 11 is 0. The van der Waals surface area contributed by atoms with Crippen LogP contribution in [0.15, 0.2) is 0 Å². The van der Waals surface area contributed by atoms with E-state index < -0.39 is 0 Å². The number of likely N-dealkylation sites (N-methyl/N-ethyl adjacent to an activating group) is 2. The first-order valence-electron chi connectivity index (χ1n) is 4.96. The summed E-state index contributed by atoms with van der Waals surface area (Å²) in [6, 6.07) is 0. The second kappa shape index (κ2) is 4.40. The molecular formula is C10H22N2O. The molecule has 1 aliphatic rings. The highest BCUT2D eigenvalue weighted by Crippen LogP contribution is 2.24. The molecule has 13 heavy (non-hydrogen) atoms. The summed E-state index contributed by atoms with van der Waals surface area (Å²) in [6.07, 6.45) is 2.43. The zero-order valence-electron chi connectivity index (χ0n) is 9.34. The Kier molecular flexibility index (Phi) is 3.71. The minimum absolute atomic E-state index is 0.0660. The lowest BCUT2D eigenvalue weighted by Crippen LogP contribution is -2.53. The molecule has 0 aromatic carbocycles. The molecule has 78 valence electrons. The maximum absolute atomic E-state index is 5.68. The number of ether oxygens (including phenoxy) is 1. The van der Waals surface area contributed by atoms with Gasteiger partial charge in [-0.25, -0.2) is 0 Å². The van der Waals surface area contributed by atoms with Gasteiger partial charge in [0.25, 0.3) is 0 Å². The third-order valence-electron chi connectivity index (χ3n) is 2.77. The predicted octanol–water partition coefficient (Wildman–Crippen LogP) is 0.659. The fourth-order valence-corrected chi connectivity index (χ4v) is 2.26. The molecule has 1 unspecified atom stereocenters. The van der Waals surface area contributed by atoms with Crippen molar-refractivity contribution in [2.24, 2.45) is 0 Å². The van der Waals surface area contributed by atoms with Gasteiger partial charge in [-0.2, -0.15) is 0 Å². The molecule has 0 aromatic heterocycles. The van der Waals surface area contributed by atoms with Crippen LogP contribution in [-0.4, -0.2) is 63.3 Å². The van der Waals surface area contributed by atoms with Crippen molar-refractivity contribution in [3.05, 3.63) is 0 Å². The van der Waals surface area contributed by atoms with E-state index in [9.17, 15) is 0 Å². The number of likely N-dealkylation sites (tertiary alicyclic amines) is 1. The van der Waals surface area contributed by atoms with Crippen molar-refractivity contribution in [1.29, 1.82) is 0 Å². The van der Waals surface area contributed by atoms with E-state index in [2.05, 4.69) is 30.9 Å². The van der Waals surface area contributed by atoms with Gasteiger partial charge in [-0.1, -0.05) is 0 Å². The van der Waals surface area contributed by atoms with Crippen molar-refractivity contribution in [3.8, 4) is 0 Å². The largest absolute Gasteiger partial charge is 0.376 e. The molecule has 0 saturated carbocycles. The van der Waals surface area contributed by atoms with Crippen LogP contribution in [0.3, 0.4) is 0 Å². The van der Waals surface area contributed by atoms with Gasteiger partial charge in [0.1, 0.15) is 0 Å². The Morgan fingerprint density at radius 2 is 2.15 bits per heavy atom. The van der Waals surface area contributed by atoms with E-state index in [1.54, 1.807) is 0 Å². The number of nitrogens with zero attached hydrogens (tertiary/aromatic N) is 2. The average molecular weight is 186 g/mol. The summed E-state index contributed by atoms with van der Waals surface area (Å²) in [5.74, 6) is 0. The Bertz CT molecular complexity index is 157. The summed E-state index contributed by atoms with van der Waals surface area (Å²) in [7, 11) is 8.22. The highest BCUT2D eigenvalue weighted by Gasteiger charge is 2.34. The SMILES string of the molecule is COC1(CN(C)C)CCCN(C)C1. The predicted molar refractivity (Wildman–Crippen MR) is 55.0 cm³/mol. The van der Waals surface area contributed by atoms with Gasteiger partial charge in [0, 0.05) is 20.2 Å². The molecule has 0 spiro atoms. The van der Waals surface area contributed by atoms with Crippen LogP contribution in [0.1, 0.15) is 12.8 Å². The molecule has 3 nitrogen and oxygen atoms in total. The van der Waals surface area contributed by atoms with Gasteiger partial charge >= 0.3 is 0 Å². The third-order valence-corrected chi connectivity index (χ3v) is 2.77. The molecule has 0 N–H and O–H groups in total. The molecular weight excluding hydrogens is 164 g/mol. The Hall–Kier alpha value is -0.120. The lowest BCUT2D eigenvalue weighted by atomic mass is 9.92. The first kappa shape index (κ1) is 11.0. The van der Waals surface area contributed by atoms with Crippen LogP contribution in [0, 0.1) is 0 Å². The normalized spacial score (nSPS) is 31.2. The van der Waals surface area contributed by atoms with Gasteiger partial charge in [-0.05, 0) is 40.5 Å². The van der Waals surface area contributed by atoms with Gasteiger partial charge in [0.2, 0.25) is 0 Å². The zero-order chi connectivity index (χ0) is 9.90. The first-order valence-corrected chi connectivity index (χ1v) is 4.96. The maximum atomic E-state index is 5.68. The molecule has 1 saturated heterocycles. The molecule has 0 aromatic rings. The summed E-state index contributed by atoms with van der Waals surface area (Å²) in [4.78, 5) is 4.57. The number of methoxy groups -OCH3 is 1. The topological polar surface area (TPSA) is 15.7 Å². The first-order chi connectivity index (χ1) is 6.08. The van der Waals surface area contributed by atoms with Crippen molar-refractivity contribution in [3.63, 3.8) is 0 Å². The summed E-state index contributed by atoms with van der Waals surface area (Å²) in [6.45, 7) is 3.29.